The summed E-state index contributed by atoms with van der Waals surface area (Å²) in [7, 11) is 0. The number of carbonyl (C=O) groups is 1. The highest BCUT2D eigenvalue weighted by Gasteiger charge is 2.34. The van der Waals surface area contributed by atoms with Gasteiger partial charge in [0.25, 0.3) is 5.91 Å². The maximum absolute atomic E-state index is 12.7. The highest BCUT2D eigenvalue weighted by atomic mass is 35.5. The van der Waals surface area contributed by atoms with Crippen molar-refractivity contribution in [1.29, 1.82) is 0 Å². The SMILES string of the molecule is O=C(c1cc2cc(Cl)ccc2o1)N1CCC2CCCCC2C1. The van der Waals surface area contributed by atoms with E-state index < -0.39 is 0 Å². The van der Waals surface area contributed by atoms with Crippen molar-refractivity contribution in [1.82, 2.24) is 4.90 Å². The quantitative estimate of drug-likeness (QED) is 0.761. The number of rotatable bonds is 1. The van der Waals surface area contributed by atoms with Crippen LogP contribution in [0.15, 0.2) is 28.7 Å². The van der Waals surface area contributed by atoms with Gasteiger partial charge in [0.1, 0.15) is 5.58 Å². The summed E-state index contributed by atoms with van der Waals surface area (Å²) in [6.07, 6.45) is 6.42. The maximum Gasteiger partial charge on any atom is 0.289 e. The molecule has 1 aliphatic heterocycles. The lowest BCUT2D eigenvalue weighted by molar-refractivity contribution is 0.0494. The van der Waals surface area contributed by atoms with Crippen LogP contribution in [-0.2, 0) is 0 Å². The fourth-order valence-corrected chi connectivity index (χ4v) is 4.24. The molecule has 1 aromatic carbocycles. The highest BCUT2D eigenvalue weighted by Crippen LogP contribution is 2.36. The average molecular weight is 318 g/mol. The molecular weight excluding hydrogens is 298 g/mol. The van der Waals surface area contributed by atoms with Crippen LogP contribution in [-0.4, -0.2) is 23.9 Å². The van der Waals surface area contributed by atoms with E-state index in [0.29, 0.717) is 16.7 Å². The molecule has 0 N–H and O–H groups in total. The van der Waals surface area contributed by atoms with Gasteiger partial charge in [-0.05, 0) is 48.9 Å². The second kappa shape index (κ2) is 5.62. The number of likely N-dealkylation sites (tertiary alicyclic amines) is 1. The molecule has 1 saturated carbocycles. The Hall–Kier alpha value is -1.48. The van der Waals surface area contributed by atoms with E-state index in [0.717, 1.165) is 36.4 Å². The summed E-state index contributed by atoms with van der Waals surface area (Å²) >= 11 is 6.00. The minimum absolute atomic E-state index is 0.0244. The molecule has 1 aliphatic carbocycles. The van der Waals surface area contributed by atoms with Crippen molar-refractivity contribution < 1.29 is 9.21 Å². The predicted molar refractivity (Wildman–Crippen MR) is 87.2 cm³/mol. The van der Waals surface area contributed by atoms with Crippen molar-refractivity contribution in [3.05, 3.63) is 35.0 Å². The van der Waals surface area contributed by atoms with Crippen LogP contribution in [0.2, 0.25) is 5.02 Å². The molecule has 0 bridgehead atoms. The van der Waals surface area contributed by atoms with Crippen LogP contribution in [0.25, 0.3) is 11.0 Å². The summed E-state index contributed by atoms with van der Waals surface area (Å²) in [4.78, 5) is 14.7. The molecule has 1 saturated heterocycles. The number of benzene rings is 1. The third-order valence-electron chi connectivity index (χ3n) is 5.27. The van der Waals surface area contributed by atoms with Crippen molar-refractivity contribution in [2.75, 3.05) is 13.1 Å². The molecule has 116 valence electrons. The van der Waals surface area contributed by atoms with E-state index >= 15 is 0 Å². The van der Waals surface area contributed by atoms with E-state index in [1.165, 1.54) is 25.7 Å². The zero-order valence-corrected chi connectivity index (χ0v) is 13.3. The van der Waals surface area contributed by atoms with Gasteiger partial charge < -0.3 is 9.32 Å². The second-order valence-electron chi connectivity index (χ2n) is 6.64. The molecule has 1 amide bonds. The molecule has 4 rings (SSSR count). The van der Waals surface area contributed by atoms with Crippen LogP contribution in [0.4, 0.5) is 0 Å². The van der Waals surface area contributed by atoms with E-state index in [9.17, 15) is 4.79 Å². The largest absolute Gasteiger partial charge is 0.451 e. The van der Waals surface area contributed by atoms with Gasteiger partial charge in [-0.25, -0.2) is 0 Å². The van der Waals surface area contributed by atoms with Crippen LogP contribution in [0.3, 0.4) is 0 Å². The summed E-state index contributed by atoms with van der Waals surface area (Å²) < 4.78 is 5.72. The fourth-order valence-electron chi connectivity index (χ4n) is 4.06. The summed E-state index contributed by atoms with van der Waals surface area (Å²) in [5.41, 5.74) is 0.723. The Kier molecular flexibility index (Phi) is 3.61. The molecule has 2 aromatic rings. The minimum atomic E-state index is 0.0244. The van der Waals surface area contributed by atoms with Gasteiger partial charge >= 0.3 is 0 Å². The van der Waals surface area contributed by atoms with Gasteiger partial charge in [0, 0.05) is 23.5 Å². The number of hydrogen-bond donors (Lipinski definition) is 0. The lowest BCUT2D eigenvalue weighted by Gasteiger charge is -2.41. The summed E-state index contributed by atoms with van der Waals surface area (Å²) in [6.45, 7) is 1.75. The zero-order chi connectivity index (χ0) is 15.1. The van der Waals surface area contributed by atoms with Gasteiger partial charge in [0.05, 0.1) is 0 Å². The van der Waals surface area contributed by atoms with Gasteiger partial charge in [-0.2, -0.15) is 0 Å². The van der Waals surface area contributed by atoms with Gasteiger partial charge in [-0.15, -0.1) is 0 Å². The first-order valence-corrected chi connectivity index (χ1v) is 8.57. The molecule has 2 aliphatic rings. The van der Waals surface area contributed by atoms with Gasteiger partial charge in [-0.1, -0.05) is 30.9 Å². The molecular formula is C18H20ClNO2. The van der Waals surface area contributed by atoms with E-state index in [-0.39, 0.29) is 5.91 Å². The smallest absolute Gasteiger partial charge is 0.289 e. The standard InChI is InChI=1S/C18H20ClNO2/c19-15-5-6-16-14(9-15)10-17(22-16)18(21)20-8-7-12-3-1-2-4-13(12)11-20/h5-6,9-10,12-13H,1-4,7-8,11H2. The second-order valence-corrected chi connectivity index (χ2v) is 7.07. The molecule has 2 fully saturated rings. The molecule has 1 aromatic heterocycles. The van der Waals surface area contributed by atoms with Crippen molar-refractivity contribution in [2.24, 2.45) is 11.8 Å². The molecule has 3 nitrogen and oxygen atoms in total. The number of amides is 1. The molecule has 0 spiro atoms. The lowest BCUT2D eigenvalue weighted by atomic mass is 9.75. The van der Waals surface area contributed by atoms with Crippen LogP contribution >= 0.6 is 11.6 Å². The first-order valence-electron chi connectivity index (χ1n) is 8.19. The van der Waals surface area contributed by atoms with E-state index in [2.05, 4.69) is 0 Å². The van der Waals surface area contributed by atoms with Crippen LogP contribution in [0, 0.1) is 11.8 Å². The molecule has 2 unspecified atom stereocenters. The fraction of sp³-hybridized carbons (Fsp3) is 0.500. The van der Waals surface area contributed by atoms with Gasteiger partial charge in [0.15, 0.2) is 5.76 Å². The monoisotopic (exact) mass is 317 g/mol. The van der Waals surface area contributed by atoms with Crippen molar-refractivity contribution in [3.8, 4) is 0 Å². The summed E-state index contributed by atoms with van der Waals surface area (Å²) in [6, 6.07) is 7.26. The molecule has 4 heteroatoms. The summed E-state index contributed by atoms with van der Waals surface area (Å²) in [5, 5.41) is 1.55. The normalized spacial score (nSPS) is 25.2. The van der Waals surface area contributed by atoms with Crippen LogP contribution < -0.4 is 0 Å². The number of furan rings is 1. The summed E-state index contributed by atoms with van der Waals surface area (Å²) in [5.74, 6) is 1.97. The van der Waals surface area contributed by atoms with Crippen molar-refractivity contribution >= 4 is 28.5 Å². The Balaban J connectivity index is 1.55. The first kappa shape index (κ1) is 14.1. The Morgan fingerprint density at radius 3 is 2.82 bits per heavy atom. The van der Waals surface area contributed by atoms with Crippen LogP contribution in [0.1, 0.15) is 42.7 Å². The Bertz CT molecular complexity index is 708. The van der Waals surface area contributed by atoms with Crippen LogP contribution in [0.5, 0.6) is 0 Å². The van der Waals surface area contributed by atoms with Gasteiger partial charge in [0.2, 0.25) is 0 Å². The third-order valence-corrected chi connectivity index (χ3v) is 5.50. The minimum Gasteiger partial charge on any atom is -0.451 e. The van der Waals surface area contributed by atoms with E-state index in [4.69, 9.17) is 16.0 Å². The van der Waals surface area contributed by atoms with Crippen molar-refractivity contribution in [3.63, 3.8) is 0 Å². The predicted octanol–water partition coefficient (Wildman–Crippen LogP) is 4.74. The number of piperidine rings is 1. The topological polar surface area (TPSA) is 33.5 Å². The zero-order valence-electron chi connectivity index (χ0n) is 12.6. The number of nitrogens with zero attached hydrogens (tertiary/aromatic N) is 1. The number of hydrogen-bond acceptors (Lipinski definition) is 2. The van der Waals surface area contributed by atoms with E-state index in [1.54, 1.807) is 6.07 Å². The molecule has 2 heterocycles. The number of carbonyl (C=O) groups excluding carboxylic acids is 1. The lowest BCUT2D eigenvalue weighted by Crippen LogP contribution is -2.44. The highest BCUT2D eigenvalue weighted by molar-refractivity contribution is 6.31. The first-order chi connectivity index (χ1) is 10.7. The Labute approximate surface area is 135 Å². The Morgan fingerprint density at radius 1 is 1.14 bits per heavy atom. The van der Waals surface area contributed by atoms with E-state index in [1.807, 2.05) is 23.1 Å². The molecule has 0 radical (unpaired) electrons. The number of halogens is 1. The molecule has 22 heavy (non-hydrogen) atoms. The third kappa shape index (κ3) is 2.52. The number of fused-ring (bicyclic) bond motifs is 2. The van der Waals surface area contributed by atoms with Gasteiger partial charge in [-0.3, -0.25) is 4.79 Å². The van der Waals surface area contributed by atoms with Crippen molar-refractivity contribution in [2.45, 2.75) is 32.1 Å². The Morgan fingerprint density at radius 2 is 1.95 bits per heavy atom. The molecule has 2 atom stereocenters. The maximum atomic E-state index is 12.7. The average Bonchev–Trinajstić information content (AvgIpc) is 2.96.